The number of rotatable bonds is 2. The summed E-state index contributed by atoms with van der Waals surface area (Å²) in [6.45, 7) is 13.0. The maximum absolute atomic E-state index is 6.45. The zero-order valence-corrected chi connectivity index (χ0v) is 22.3. The lowest BCUT2D eigenvalue weighted by Crippen LogP contribution is -2.41. The molecule has 1 fully saturated rings. The van der Waals surface area contributed by atoms with Crippen LogP contribution in [0.5, 0.6) is 0 Å². The first-order valence-corrected chi connectivity index (χ1v) is 13.1. The van der Waals surface area contributed by atoms with Crippen LogP contribution in [0.4, 0.5) is 0 Å². The van der Waals surface area contributed by atoms with Crippen molar-refractivity contribution in [2.24, 2.45) is 0 Å². The number of fused-ring (bicyclic) bond motifs is 6. The van der Waals surface area contributed by atoms with Gasteiger partial charge >= 0.3 is 7.12 Å². The van der Waals surface area contributed by atoms with Crippen LogP contribution < -0.4 is 5.46 Å². The van der Waals surface area contributed by atoms with Crippen LogP contribution in [0.3, 0.4) is 0 Å². The van der Waals surface area contributed by atoms with Crippen molar-refractivity contribution in [3.05, 3.63) is 90.0 Å². The first kappa shape index (κ1) is 22.8. The van der Waals surface area contributed by atoms with Crippen molar-refractivity contribution in [2.45, 2.75) is 58.2 Å². The average Bonchev–Trinajstić information content (AvgIpc) is 3.43. The molecule has 0 radical (unpaired) electrons. The smallest absolute Gasteiger partial charge is 0.456 e. The molecule has 184 valence electrons. The topological polar surface area (TPSA) is 31.6 Å². The molecular formula is C33H31BO3. The molecule has 5 aromatic rings. The van der Waals surface area contributed by atoms with Crippen molar-refractivity contribution in [2.75, 3.05) is 0 Å². The van der Waals surface area contributed by atoms with Crippen LogP contribution in [0.1, 0.15) is 52.7 Å². The Kier molecular flexibility index (Phi) is 4.55. The van der Waals surface area contributed by atoms with Crippen molar-refractivity contribution in [1.82, 2.24) is 0 Å². The second kappa shape index (κ2) is 7.37. The SMILES string of the molecule is CC1(C)c2ccccc2-c2c(-c3ccc4oc5cccc(B6OC(C)(C)C(C)(C)O6)c5c4c3)cccc21. The largest absolute Gasteiger partial charge is 0.495 e. The van der Waals surface area contributed by atoms with Crippen molar-refractivity contribution in [3.63, 3.8) is 0 Å². The third-order valence-corrected chi connectivity index (χ3v) is 8.95. The van der Waals surface area contributed by atoms with Gasteiger partial charge in [-0.2, -0.15) is 0 Å². The second-order valence-electron chi connectivity index (χ2n) is 12.0. The van der Waals surface area contributed by atoms with Gasteiger partial charge in [0.05, 0.1) is 11.2 Å². The Morgan fingerprint density at radius 3 is 2.08 bits per heavy atom. The Morgan fingerprint density at radius 2 is 1.30 bits per heavy atom. The molecule has 2 heterocycles. The van der Waals surface area contributed by atoms with Crippen LogP contribution in [0.15, 0.2) is 83.3 Å². The summed E-state index contributed by atoms with van der Waals surface area (Å²) in [7, 11) is -0.452. The Labute approximate surface area is 218 Å². The molecule has 0 spiro atoms. The van der Waals surface area contributed by atoms with Crippen LogP contribution in [0, 0.1) is 0 Å². The lowest BCUT2D eigenvalue weighted by Gasteiger charge is -2.32. The number of hydrogen-bond acceptors (Lipinski definition) is 3. The van der Waals surface area contributed by atoms with E-state index in [2.05, 4.69) is 108 Å². The molecule has 37 heavy (non-hydrogen) atoms. The van der Waals surface area contributed by atoms with E-state index in [1.807, 2.05) is 12.1 Å². The molecule has 4 heteroatoms. The molecule has 1 aliphatic heterocycles. The standard InChI is InChI=1S/C33H31BO3/c1-31(2)24-13-8-7-11-22(24)29-21(12-9-14-25(29)31)20-17-18-27-23(19-20)30-26(15-10-16-28(30)35-27)34-36-32(3,4)33(5,6)37-34/h7-19H,1-6H3. The highest BCUT2D eigenvalue weighted by molar-refractivity contribution is 6.66. The highest BCUT2D eigenvalue weighted by atomic mass is 16.7. The summed E-state index contributed by atoms with van der Waals surface area (Å²) >= 11 is 0. The van der Waals surface area contributed by atoms with Gasteiger partial charge in [0.1, 0.15) is 11.2 Å². The molecule has 0 saturated carbocycles. The number of hydrogen-bond donors (Lipinski definition) is 0. The molecule has 0 bridgehead atoms. The zero-order chi connectivity index (χ0) is 25.7. The maximum Gasteiger partial charge on any atom is 0.495 e. The first-order valence-electron chi connectivity index (χ1n) is 13.1. The van der Waals surface area contributed by atoms with Crippen LogP contribution in [-0.4, -0.2) is 18.3 Å². The molecular weight excluding hydrogens is 455 g/mol. The minimum atomic E-state index is -0.452. The van der Waals surface area contributed by atoms with Crippen molar-refractivity contribution < 1.29 is 13.7 Å². The Bertz CT molecular complexity index is 1710. The molecule has 1 saturated heterocycles. The van der Waals surface area contributed by atoms with Gasteiger partial charge in [-0.05, 0) is 84.7 Å². The molecule has 0 amide bonds. The van der Waals surface area contributed by atoms with E-state index in [4.69, 9.17) is 13.7 Å². The van der Waals surface area contributed by atoms with Gasteiger partial charge in [-0.15, -0.1) is 0 Å². The minimum Gasteiger partial charge on any atom is -0.456 e. The lowest BCUT2D eigenvalue weighted by atomic mass is 9.76. The quantitative estimate of drug-likeness (QED) is 0.238. The number of benzene rings is 4. The predicted molar refractivity (Wildman–Crippen MR) is 152 cm³/mol. The Morgan fingerprint density at radius 1 is 0.622 bits per heavy atom. The lowest BCUT2D eigenvalue weighted by molar-refractivity contribution is 0.00578. The van der Waals surface area contributed by atoms with Crippen LogP contribution in [0.2, 0.25) is 0 Å². The van der Waals surface area contributed by atoms with Crippen molar-refractivity contribution >= 4 is 34.5 Å². The van der Waals surface area contributed by atoms with Gasteiger partial charge in [0.25, 0.3) is 0 Å². The third-order valence-electron chi connectivity index (χ3n) is 8.95. The van der Waals surface area contributed by atoms with E-state index < -0.39 is 18.3 Å². The fourth-order valence-corrected chi connectivity index (χ4v) is 6.18. The van der Waals surface area contributed by atoms with Crippen LogP contribution >= 0.6 is 0 Å². The summed E-state index contributed by atoms with van der Waals surface area (Å²) in [6, 6.07) is 28.2. The van der Waals surface area contributed by atoms with E-state index in [-0.39, 0.29) is 5.41 Å². The molecule has 1 aromatic heterocycles. The van der Waals surface area contributed by atoms with Gasteiger partial charge in [0.15, 0.2) is 0 Å². The summed E-state index contributed by atoms with van der Waals surface area (Å²) in [4.78, 5) is 0. The van der Waals surface area contributed by atoms with E-state index in [9.17, 15) is 0 Å². The average molecular weight is 486 g/mol. The van der Waals surface area contributed by atoms with Gasteiger partial charge in [0.2, 0.25) is 0 Å². The summed E-state index contributed by atoms with van der Waals surface area (Å²) in [5.41, 5.74) is 9.74. The molecule has 4 aromatic carbocycles. The molecule has 0 N–H and O–H groups in total. The van der Waals surface area contributed by atoms with Crippen molar-refractivity contribution in [1.29, 1.82) is 0 Å². The van der Waals surface area contributed by atoms with E-state index >= 15 is 0 Å². The highest BCUT2D eigenvalue weighted by Crippen LogP contribution is 2.52. The second-order valence-corrected chi connectivity index (χ2v) is 12.0. The molecule has 7 rings (SSSR count). The summed E-state index contributed by atoms with van der Waals surface area (Å²) in [6.07, 6.45) is 0. The summed E-state index contributed by atoms with van der Waals surface area (Å²) in [5, 5.41) is 2.15. The van der Waals surface area contributed by atoms with Gasteiger partial charge in [-0.25, -0.2) is 0 Å². The normalized spacial score (nSPS) is 18.9. The highest BCUT2D eigenvalue weighted by Gasteiger charge is 2.52. The summed E-state index contributed by atoms with van der Waals surface area (Å²) in [5.74, 6) is 0. The van der Waals surface area contributed by atoms with Crippen molar-refractivity contribution in [3.8, 4) is 22.3 Å². The third kappa shape index (κ3) is 3.09. The number of furan rings is 1. The van der Waals surface area contributed by atoms with E-state index in [0.29, 0.717) is 0 Å². The molecule has 3 nitrogen and oxygen atoms in total. The Hall–Kier alpha value is -3.34. The predicted octanol–water partition coefficient (Wildman–Crippen LogP) is 7.86. The van der Waals surface area contributed by atoms with Crippen LogP contribution in [0.25, 0.3) is 44.2 Å². The molecule has 0 atom stereocenters. The minimum absolute atomic E-state index is 0.0295. The van der Waals surface area contributed by atoms with Gasteiger partial charge < -0.3 is 13.7 Å². The molecule has 1 aliphatic carbocycles. The van der Waals surface area contributed by atoms with Gasteiger partial charge in [0, 0.05) is 16.2 Å². The monoisotopic (exact) mass is 486 g/mol. The van der Waals surface area contributed by atoms with E-state index in [1.165, 1.54) is 33.4 Å². The van der Waals surface area contributed by atoms with E-state index in [0.717, 1.165) is 27.4 Å². The van der Waals surface area contributed by atoms with E-state index in [1.54, 1.807) is 0 Å². The Balaban J connectivity index is 1.44. The summed E-state index contributed by atoms with van der Waals surface area (Å²) < 4.78 is 19.2. The fourth-order valence-electron chi connectivity index (χ4n) is 6.18. The fraction of sp³-hybridized carbons (Fsp3) is 0.273. The zero-order valence-electron chi connectivity index (χ0n) is 22.3. The van der Waals surface area contributed by atoms with Crippen LogP contribution in [-0.2, 0) is 14.7 Å². The van der Waals surface area contributed by atoms with Gasteiger partial charge in [-0.3, -0.25) is 0 Å². The maximum atomic E-state index is 6.45. The molecule has 0 unspecified atom stereocenters. The van der Waals surface area contributed by atoms with Gasteiger partial charge in [-0.1, -0.05) is 74.5 Å². The molecule has 2 aliphatic rings. The first-order chi connectivity index (χ1) is 17.6.